The zero-order chi connectivity index (χ0) is 22.8. The first-order valence-electron chi connectivity index (χ1n) is 10.6. The third kappa shape index (κ3) is 6.60. The van der Waals surface area contributed by atoms with Crippen molar-refractivity contribution in [3.63, 3.8) is 0 Å². The molecule has 3 aromatic rings. The van der Waals surface area contributed by atoms with Gasteiger partial charge in [-0.1, -0.05) is 68.4 Å². The van der Waals surface area contributed by atoms with E-state index in [4.69, 9.17) is 9.47 Å². The Labute approximate surface area is 188 Å². The third-order valence-electron chi connectivity index (χ3n) is 4.74. The molecular weight excluding hydrogens is 404 g/mol. The molecule has 0 spiro atoms. The molecule has 0 heterocycles. The largest absolute Gasteiger partial charge is 0.493 e. The zero-order valence-corrected chi connectivity index (χ0v) is 18.3. The summed E-state index contributed by atoms with van der Waals surface area (Å²) in [7, 11) is 0. The summed E-state index contributed by atoms with van der Waals surface area (Å²) < 4.78 is 11.6. The van der Waals surface area contributed by atoms with Crippen molar-refractivity contribution in [2.45, 2.75) is 26.9 Å². The fraction of sp³-hybridized carbons (Fsp3) is 0.231. The first-order chi connectivity index (χ1) is 15.5. The molecule has 3 aromatic carbocycles. The molecule has 6 heteroatoms. The fourth-order valence-corrected chi connectivity index (χ4v) is 2.95. The van der Waals surface area contributed by atoms with Gasteiger partial charge in [0.1, 0.15) is 18.1 Å². The Balaban J connectivity index is 1.61. The Kier molecular flexibility index (Phi) is 8.26. The van der Waals surface area contributed by atoms with Crippen LogP contribution in [0, 0.1) is 5.92 Å². The number of amides is 2. The Bertz CT molecular complexity index is 1030. The average Bonchev–Trinajstić information content (AvgIpc) is 2.82. The highest BCUT2D eigenvalue weighted by Crippen LogP contribution is 2.20. The lowest BCUT2D eigenvalue weighted by atomic mass is 10.1. The van der Waals surface area contributed by atoms with Crippen LogP contribution in [-0.4, -0.2) is 18.4 Å². The number of hydrazine groups is 1. The maximum atomic E-state index is 12.7. The van der Waals surface area contributed by atoms with E-state index in [9.17, 15) is 9.59 Å². The molecule has 0 saturated heterocycles. The van der Waals surface area contributed by atoms with Crippen LogP contribution >= 0.6 is 0 Å². The van der Waals surface area contributed by atoms with Gasteiger partial charge in [0.25, 0.3) is 11.8 Å². The number of carbonyl (C=O) groups is 2. The maximum absolute atomic E-state index is 12.7. The molecule has 6 nitrogen and oxygen atoms in total. The van der Waals surface area contributed by atoms with E-state index in [1.807, 2.05) is 30.3 Å². The minimum atomic E-state index is -0.472. The molecule has 2 N–H and O–H groups in total. The second kappa shape index (κ2) is 11.6. The van der Waals surface area contributed by atoms with E-state index in [2.05, 4.69) is 24.7 Å². The van der Waals surface area contributed by atoms with Crippen LogP contribution in [0.4, 0.5) is 0 Å². The van der Waals surface area contributed by atoms with Gasteiger partial charge in [0, 0.05) is 0 Å². The number of nitrogens with one attached hydrogen (secondary N) is 2. The van der Waals surface area contributed by atoms with Crippen molar-refractivity contribution < 1.29 is 19.1 Å². The van der Waals surface area contributed by atoms with Crippen LogP contribution in [0.25, 0.3) is 0 Å². The lowest BCUT2D eigenvalue weighted by Gasteiger charge is -2.14. The Morgan fingerprint density at radius 3 is 1.78 bits per heavy atom. The molecule has 0 unspecified atom stereocenters. The van der Waals surface area contributed by atoms with Crippen molar-refractivity contribution in [2.24, 2.45) is 5.92 Å². The second-order valence-corrected chi connectivity index (χ2v) is 7.71. The summed E-state index contributed by atoms with van der Waals surface area (Å²) in [4.78, 5) is 25.4. The number of benzene rings is 3. The molecule has 0 aliphatic heterocycles. The molecule has 0 bridgehead atoms. The van der Waals surface area contributed by atoms with E-state index < -0.39 is 11.8 Å². The van der Waals surface area contributed by atoms with Gasteiger partial charge in [-0.3, -0.25) is 20.4 Å². The van der Waals surface area contributed by atoms with Gasteiger partial charge in [0.05, 0.1) is 17.7 Å². The highest BCUT2D eigenvalue weighted by molar-refractivity contribution is 6.01. The highest BCUT2D eigenvalue weighted by Gasteiger charge is 2.16. The topological polar surface area (TPSA) is 76.7 Å². The van der Waals surface area contributed by atoms with E-state index in [0.29, 0.717) is 41.8 Å². The second-order valence-electron chi connectivity index (χ2n) is 7.71. The van der Waals surface area contributed by atoms with Crippen LogP contribution in [0.5, 0.6) is 11.5 Å². The highest BCUT2D eigenvalue weighted by atomic mass is 16.5. The number of ether oxygens (including phenoxy) is 2. The summed E-state index contributed by atoms with van der Waals surface area (Å²) in [6, 6.07) is 23.5. The summed E-state index contributed by atoms with van der Waals surface area (Å²) in [5, 5.41) is 0. The molecule has 0 radical (unpaired) electrons. The summed E-state index contributed by atoms with van der Waals surface area (Å²) in [6.45, 7) is 5.07. The number of rotatable bonds is 9. The third-order valence-corrected chi connectivity index (χ3v) is 4.74. The van der Waals surface area contributed by atoms with Gasteiger partial charge in [-0.15, -0.1) is 0 Å². The van der Waals surface area contributed by atoms with Gasteiger partial charge < -0.3 is 9.47 Å². The first kappa shape index (κ1) is 22.9. The molecule has 0 aromatic heterocycles. The van der Waals surface area contributed by atoms with E-state index >= 15 is 0 Å². The van der Waals surface area contributed by atoms with Crippen LogP contribution in [0.15, 0.2) is 78.9 Å². The van der Waals surface area contributed by atoms with Crippen LogP contribution in [0.2, 0.25) is 0 Å². The van der Waals surface area contributed by atoms with E-state index in [-0.39, 0.29) is 0 Å². The van der Waals surface area contributed by atoms with Crippen molar-refractivity contribution >= 4 is 11.8 Å². The van der Waals surface area contributed by atoms with E-state index in [1.165, 1.54) is 0 Å². The smallest absolute Gasteiger partial charge is 0.273 e. The number of para-hydroxylation sites is 2. The summed E-state index contributed by atoms with van der Waals surface area (Å²) in [5.74, 6) is 0.480. The minimum absolute atomic E-state index is 0.324. The molecule has 0 fully saturated rings. The Morgan fingerprint density at radius 1 is 0.719 bits per heavy atom. The van der Waals surface area contributed by atoms with Gasteiger partial charge in [-0.25, -0.2) is 0 Å². The minimum Gasteiger partial charge on any atom is -0.493 e. The standard InChI is InChI=1S/C26H28N2O4/c1-19(2)16-17-31-23-14-8-6-12-21(23)25(29)27-28-26(30)22-13-7-9-15-24(22)32-18-20-10-4-3-5-11-20/h3-15,19H,16-18H2,1-2H3,(H,27,29)(H,28,30). The molecule has 32 heavy (non-hydrogen) atoms. The quantitative estimate of drug-likeness (QED) is 0.478. The molecule has 0 aliphatic rings. The summed E-state index contributed by atoms with van der Waals surface area (Å²) >= 11 is 0. The molecule has 3 rings (SSSR count). The van der Waals surface area contributed by atoms with Gasteiger partial charge in [0.2, 0.25) is 0 Å². The van der Waals surface area contributed by atoms with Crippen LogP contribution in [-0.2, 0) is 6.61 Å². The van der Waals surface area contributed by atoms with Gasteiger partial charge in [0.15, 0.2) is 0 Å². The number of hydrogen-bond acceptors (Lipinski definition) is 4. The van der Waals surface area contributed by atoms with Crippen LogP contribution < -0.4 is 20.3 Å². The molecule has 0 atom stereocenters. The average molecular weight is 433 g/mol. The Hall–Kier alpha value is -3.80. The molecule has 0 aliphatic carbocycles. The monoisotopic (exact) mass is 432 g/mol. The fourth-order valence-electron chi connectivity index (χ4n) is 2.95. The molecule has 2 amide bonds. The summed E-state index contributed by atoms with van der Waals surface area (Å²) in [5.41, 5.74) is 6.59. The molecule has 166 valence electrons. The van der Waals surface area contributed by atoms with Crippen molar-refractivity contribution in [1.29, 1.82) is 0 Å². The van der Waals surface area contributed by atoms with Crippen molar-refractivity contribution in [2.75, 3.05) is 6.61 Å². The predicted molar refractivity (Wildman–Crippen MR) is 124 cm³/mol. The van der Waals surface area contributed by atoms with Gasteiger partial charge in [-0.2, -0.15) is 0 Å². The predicted octanol–water partition coefficient (Wildman–Crippen LogP) is 4.77. The van der Waals surface area contributed by atoms with Gasteiger partial charge in [-0.05, 0) is 42.2 Å². The van der Waals surface area contributed by atoms with Crippen LogP contribution in [0.1, 0.15) is 46.5 Å². The lowest BCUT2D eigenvalue weighted by Crippen LogP contribution is -2.41. The van der Waals surface area contributed by atoms with Crippen molar-refractivity contribution in [3.8, 4) is 11.5 Å². The molecular formula is C26H28N2O4. The molecule has 0 saturated carbocycles. The zero-order valence-electron chi connectivity index (χ0n) is 18.3. The van der Waals surface area contributed by atoms with Gasteiger partial charge >= 0.3 is 0 Å². The van der Waals surface area contributed by atoms with Crippen molar-refractivity contribution in [1.82, 2.24) is 10.9 Å². The van der Waals surface area contributed by atoms with Crippen LogP contribution in [0.3, 0.4) is 0 Å². The Morgan fingerprint density at radius 2 is 1.22 bits per heavy atom. The maximum Gasteiger partial charge on any atom is 0.273 e. The first-order valence-corrected chi connectivity index (χ1v) is 10.6. The number of carbonyl (C=O) groups excluding carboxylic acids is 2. The number of hydrogen-bond donors (Lipinski definition) is 2. The summed E-state index contributed by atoms with van der Waals surface area (Å²) in [6.07, 6.45) is 0.881. The van der Waals surface area contributed by atoms with E-state index in [0.717, 1.165) is 12.0 Å². The SMILES string of the molecule is CC(C)CCOc1ccccc1C(=O)NNC(=O)c1ccccc1OCc1ccccc1. The van der Waals surface area contributed by atoms with E-state index in [1.54, 1.807) is 48.5 Å². The van der Waals surface area contributed by atoms with Crippen molar-refractivity contribution in [3.05, 3.63) is 95.6 Å². The normalized spacial score (nSPS) is 10.5. The lowest BCUT2D eigenvalue weighted by molar-refractivity contribution is 0.0841.